The molecule has 164 valence electrons. The summed E-state index contributed by atoms with van der Waals surface area (Å²) in [6.45, 7) is 11.7. The molecule has 0 unspecified atom stereocenters. The molecule has 8 nitrogen and oxygen atoms in total. The summed E-state index contributed by atoms with van der Waals surface area (Å²) >= 11 is 0. The lowest BCUT2D eigenvalue weighted by Crippen LogP contribution is -2.45. The second-order valence-corrected chi connectivity index (χ2v) is 9.64. The molecule has 0 spiro atoms. The zero-order valence-electron chi connectivity index (χ0n) is 18.9. The number of aromatic nitrogens is 5. The van der Waals surface area contributed by atoms with Crippen molar-refractivity contribution in [3.05, 3.63) is 51.1 Å². The summed E-state index contributed by atoms with van der Waals surface area (Å²) in [5, 5.41) is 8.27. The molecule has 1 aliphatic heterocycles. The average Bonchev–Trinajstić information content (AvgIpc) is 3.13. The van der Waals surface area contributed by atoms with Gasteiger partial charge < -0.3 is 9.88 Å². The van der Waals surface area contributed by atoms with Crippen LogP contribution in [0.2, 0.25) is 0 Å². The number of nitrogens with zero attached hydrogens (tertiary/aromatic N) is 5. The summed E-state index contributed by atoms with van der Waals surface area (Å²) in [5.41, 5.74) is 3.46. The van der Waals surface area contributed by atoms with Crippen LogP contribution >= 0.6 is 0 Å². The topological polar surface area (TPSA) is 96.8 Å². The zero-order valence-corrected chi connectivity index (χ0v) is 18.9. The van der Waals surface area contributed by atoms with E-state index < -0.39 is 5.41 Å². The van der Waals surface area contributed by atoms with Crippen LogP contribution in [0.25, 0.3) is 11.2 Å². The zero-order chi connectivity index (χ0) is 22.3. The molecule has 1 amide bonds. The maximum atomic E-state index is 12.8. The van der Waals surface area contributed by atoms with Crippen LogP contribution in [0, 0.1) is 19.3 Å². The van der Waals surface area contributed by atoms with Gasteiger partial charge in [0.1, 0.15) is 5.82 Å². The highest BCUT2D eigenvalue weighted by Crippen LogP contribution is 2.28. The van der Waals surface area contributed by atoms with Crippen LogP contribution in [0.4, 0.5) is 0 Å². The summed E-state index contributed by atoms with van der Waals surface area (Å²) in [6, 6.07) is 6.28. The highest BCUT2D eigenvalue weighted by atomic mass is 16.2. The van der Waals surface area contributed by atoms with E-state index in [2.05, 4.69) is 47.3 Å². The quantitative estimate of drug-likeness (QED) is 0.700. The Morgan fingerprint density at radius 3 is 2.77 bits per heavy atom. The normalized spacial score (nSPS) is 17.3. The van der Waals surface area contributed by atoms with E-state index >= 15 is 0 Å². The van der Waals surface area contributed by atoms with Gasteiger partial charge >= 0.3 is 0 Å². The average molecular weight is 423 g/mol. The summed E-state index contributed by atoms with van der Waals surface area (Å²) in [4.78, 5) is 35.0. The van der Waals surface area contributed by atoms with Crippen LogP contribution < -0.4 is 5.56 Å². The van der Waals surface area contributed by atoms with E-state index in [1.807, 2.05) is 25.7 Å². The number of benzene rings is 1. The van der Waals surface area contributed by atoms with Crippen LogP contribution in [0.15, 0.2) is 23.0 Å². The lowest BCUT2D eigenvalue weighted by Gasteiger charge is -2.36. The minimum Gasteiger partial charge on any atom is -0.342 e. The Morgan fingerprint density at radius 2 is 2.03 bits per heavy atom. The Hall–Kier alpha value is -3.03. The second-order valence-electron chi connectivity index (χ2n) is 9.64. The molecule has 1 aliphatic rings. The molecule has 3 heterocycles. The van der Waals surface area contributed by atoms with Gasteiger partial charge in [-0.05, 0) is 37.8 Å². The number of hydrogen-bond acceptors (Lipinski definition) is 5. The van der Waals surface area contributed by atoms with Gasteiger partial charge in [-0.15, -0.1) is 5.10 Å². The summed E-state index contributed by atoms with van der Waals surface area (Å²) < 4.78 is 1.69. The van der Waals surface area contributed by atoms with E-state index in [9.17, 15) is 9.59 Å². The number of likely N-dealkylation sites (tertiary alicyclic amines) is 1. The van der Waals surface area contributed by atoms with Crippen LogP contribution in [-0.4, -0.2) is 48.9 Å². The number of carbonyl (C=O) groups is 1. The fourth-order valence-corrected chi connectivity index (χ4v) is 4.17. The van der Waals surface area contributed by atoms with Crippen molar-refractivity contribution in [3.8, 4) is 0 Å². The second kappa shape index (κ2) is 7.90. The van der Waals surface area contributed by atoms with Crippen molar-refractivity contribution in [1.29, 1.82) is 0 Å². The van der Waals surface area contributed by atoms with Crippen molar-refractivity contribution in [2.45, 2.75) is 59.9 Å². The minimum atomic E-state index is -0.430. The highest BCUT2D eigenvalue weighted by molar-refractivity contribution is 5.81. The maximum absolute atomic E-state index is 12.8. The minimum absolute atomic E-state index is 0.0128. The van der Waals surface area contributed by atoms with E-state index in [-0.39, 0.29) is 22.9 Å². The van der Waals surface area contributed by atoms with Gasteiger partial charge in [0, 0.05) is 24.4 Å². The van der Waals surface area contributed by atoms with Gasteiger partial charge in [0.25, 0.3) is 5.56 Å². The van der Waals surface area contributed by atoms with Crippen LogP contribution in [0.3, 0.4) is 0 Å². The Bertz CT molecular complexity index is 1190. The monoisotopic (exact) mass is 422 g/mol. The number of piperidine rings is 1. The van der Waals surface area contributed by atoms with Crippen molar-refractivity contribution in [2.24, 2.45) is 5.41 Å². The number of aromatic amines is 1. The Kier molecular flexibility index (Phi) is 5.41. The number of hydrogen-bond donors (Lipinski definition) is 1. The first-order chi connectivity index (χ1) is 14.6. The SMILES string of the molecule is Cc1ccc(C)c(Cn2nnc3c(=O)[nH]c([C@H]4CCCN(C(=O)C(C)(C)C)C4)nc32)c1. The molecule has 1 fully saturated rings. The first kappa shape index (κ1) is 21.2. The van der Waals surface area contributed by atoms with E-state index in [0.29, 0.717) is 24.6 Å². The molecule has 2 aromatic heterocycles. The molecular formula is C23H30N6O2. The number of H-pyrrole nitrogens is 1. The lowest BCUT2D eigenvalue weighted by atomic mass is 9.91. The van der Waals surface area contributed by atoms with Crippen molar-refractivity contribution in [2.75, 3.05) is 13.1 Å². The molecule has 4 rings (SSSR count). The Balaban J connectivity index is 1.67. The van der Waals surface area contributed by atoms with Gasteiger partial charge in [0.2, 0.25) is 5.91 Å². The van der Waals surface area contributed by atoms with Crippen molar-refractivity contribution in [3.63, 3.8) is 0 Å². The lowest BCUT2D eigenvalue weighted by molar-refractivity contribution is -0.140. The van der Waals surface area contributed by atoms with Gasteiger partial charge in [0.15, 0.2) is 11.2 Å². The van der Waals surface area contributed by atoms with E-state index in [0.717, 1.165) is 30.5 Å². The van der Waals surface area contributed by atoms with Crippen molar-refractivity contribution in [1.82, 2.24) is 29.9 Å². The fourth-order valence-electron chi connectivity index (χ4n) is 4.17. The predicted molar refractivity (Wildman–Crippen MR) is 119 cm³/mol. The third kappa shape index (κ3) is 4.24. The van der Waals surface area contributed by atoms with Gasteiger partial charge in [0.05, 0.1) is 6.54 Å². The number of fused-ring (bicyclic) bond motifs is 1. The van der Waals surface area contributed by atoms with Crippen molar-refractivity contribution < 1.29 is 4.79 Å². The molecule has 3 aromatic rings. The number of aryl methyl sites for hydroxylation is 2. The summed E-state index contributed by atoms with van der Waals surface area (Å²) in [5.74, 6) is 0.719. The fraction of sp³-hybridized carbons (Fsp3) is 0.522. The molecule has 1 saturated heterocycles. The Morgan fingerprint density at radius 1 is 1.26 bits per heavy atom. The van der Waals surface area contributed by atoms with E-state index in [1.165, 1.54) is 5.56 Å². The van der Waals surface area contributed by atoms with Crippen LogP contribution in [0.5, 0.6) is 0 Å². The highest BCUT2D eigenvalue weighted by Gasteiger charge is 2.32. The number of carbonyl (C=O) groups excluding carboxylic acids is 1. The third-order valence-corrected chi connectivity index (χ3v) is 5.95. The first-order valence-corrected chi connectivity index (χ1v) is 10.8. The van der Waals surface area contributed by atoms with E-state index in [4.69, 9.17) is 4.98 Å². The summed E-state index contributed by atoms with van der Waals surface area (Å²) in [7, 11) is 0. The number of nitrogens with one attached hydrogen (secondary N) is 1. The molecule has 0 bridgehead atoms. The largest absolute Gasteiger partial charge is 0.342 e. The molecule has 0 radical (unpaired) electrons. The van der Waals surface area contributed by atoms with E-state index in [1.54, 1.807) is 4.68 Å². The molecule has 1 atom stereocenters. The number of amides is 1. The molecule has 1 N–H and O–H groups in total. The third-order valence-electron chi connectivity index (χ3n) is 5.95. The van der Waals surface area contributed by atoms with Crippen LogP contribution in [0.1, 0.15) is 62.0 Å². The smallest absolute Gasteiger partial charge is 0.281 e. The maximum Gasteiger partial charge on any atom is 0.281 e. The van der Waals surface area contributed by atoms with Crippen LogP contribution in [-0.2, 0) is 11.3 Å². The molecule has 31 heavy (non-hydrogen) atoms. The van der Waals surface area contributed by atoms with Gasteiger partial charge in [-0.1, -0.05) is 49.7 Å². The molecule has 8 heteroatoms. The molecule has 1 aromatic carbocycles. The van der Waals surface area contributed by atoms with Gasteiger partial charge in [-0.2, -0.15) is 0 Å². The first-order valence-electron chi connectivity index (χ1n) is 10.8. The van der Waals surface area contributed by atoms with Crippen molar-refractivity contribution >= 4 is 17.1 Å². The molecule has 0 saturated carbocycles. The van der Waals surface area contributed by atoms with Gasteiger partial charge in [-0.3, -0.25) is 9.59 Å². The molecule has 0 aliphatic carbocycles. The van der Waals surface area contributed by atoms with Gasteiger partial charge in [-0.25, -0.2) is 9.67 Å². The summed E-state index contributed by atoms with van der Waals surface area (Å²) in [6.07, 6.45) is 1.76. The standard InChI is InChI=1S/C23H30N6O2/c1-14-8-9-15(2)17(11-14)13-29-20-18(26-27-29)21(30)25-19(24-20)16-7-6-10-28(12-16)22(31)23(3,4)5/h8-9,11,16H,6-7,10,12-13H2,1-5H3,(H,24,25,30)/t16-/m0/s1. The Labute approximate surface area is 181 Å². The predicted octanol–water partition coefficient (Wildman–Crippen LogP) is 2.93. The molecular weight excluding hydrogens is 392 g/mol. The number of rotatable bonds is 3.